The Morgan fingerprint density at radius 1 is 1.37 bits per heavy atom. The van der Waals surface area contributed by atoms with E-state index in [9.17, 15) is 9.50 Å². The third kappa shape index (κ3) is 2.13. The lowest BCUT2D eigenvalue weighted by Gasteiger charge is -2.25. The summed E-state index contributed by atoms with van der Waals surface area (Å²) in [4.78, 5) is 2.19. The molecule has 4 heteroatoms. The molecular weight excluding hydrogens is 243 g/mol. The van der Waals surface area contributed by atoms with Crippen molar-refractivity contribution in [1.82, 2.24) is 0 Å². The van der Waals surface area contributed by atoms with Gasteiger partial charge >= 0.3 is 0 Å². The van der Waals surface area contributed by atoms with Crippen molar-refractivity contribution in [2.24, 2.45) is 17.6 Å². The van der Waals surface area contributed by atoms with E-state index in [0.29, 0.717) is 17.4 Å². The molecule has 19 heavy (non-hydrogen) atoms. The molecule has 1 aliphatic carbocycles. The van der Waals surface area contributed by atoms with Gasteiger partial charge in [0.25, 0.3) is 0 Å². The molecule has 3 rings (SSSR count). The number of hydrogen-bond acceptors (Lipinski definition) is 3. The average molecular weight is 264 g/mol. The molecule has 1 heterocycles. The fraction of sp³-hybridized carbons (Fsp3) is 0.600. The number of nitrogens with zero attached hydrogens (tertiary/aromatic N) is 1. The molecule has 1 aromatic carbocycles. The van der Waals surface area contributed by atoms with Gasteiger partial charge in [0.1, 0.15) is 5.82 Å². The van der Waals surface area contributed by atoms with Crippen LogP contribution in [-0.2, 0) is 0 Å². The Bertz CT molecular complexity index is 477. The maximum absolute atomic E-state index is 14.0. The van der Waals surface area contributed by atoms with Crippen molar-refractivity contribution < 1.29 is 9.50 Å². The lowest BCUT2D eigenvalue weighted by Crippen LogP contribution is -2.26. The zero-order chi connectivity index (χ0) is 13.6. The molecule has 1 aliphatic heterocycles. The summed E-state index contributed by atoms with van der Waals surface area (Å²) in [5.74, 6) is 0.647. The van der Waals surface area contributed by atoms with Gasteiger partial charge < -0.3 is 15.7 Å². The molecular formula is C15H21FN2O. The first kappa shape index (κ1) is 12.9. The molecule has 2 fully saturated rings. The van der Waals surface area contributed by atoms with Crippen LogP contribution < -0.4 is 10.6 Å². The van der Waals surface area contributed by atoms with Crippen LogP contribution >= 0.6 is 0 Å². The Hall–Kier alpha value is -1.13. The number of hydrogen-bond donors (Lipinski definition) is 2. The smallest absolute Gasteiger partial charge is 0.130 e. The van der Waals surface area contributed by atoms with Gasteiger partial charge in [-0.1, -0.05) is 6.07 Å². The predicted molar refractivity (Wildman–Crippen MR) is 73.4 cm³/mol. The fourth-order valence-electron chi connectivity index (χ4n) is 3.69. The second kappa shape index (κ2) is 4.76. The molecule has 2 aliphatic rings. The quantitative estimate of drug-likeness (QED) is 0.859. The molecule has 0 radical (unpaired) electrons. The van der Waals surface area contributed by atoms with Crippen molar-refractivity contribution in [3.8, 4) is 0 Å². The third-order valence-corrected chi connectivity index (χ3v) is 4.64. The van der Waals surface area contributed by atoms with Crippen molar-refractivity contribution in [1.29, 1.82) is 0 Å². The second-order valence-corrected chi connectivity index (χ2v) is 5.93. The summed E-state index contributed by atoms with van der Waals surface area (Å²) in [6, 6.07) is 4.83. The second-order valence-electron chi connectivity index (χ2n) is 5.93. The van der Waals surface area contributed by atoms with Gasteiger partial charge in [0.15, 0.2) is 0 Å². The Labute approximate surface area is 113 Å². The van der Waals surface area contributed by atoms with Crippen molar-refractivity contribution in [2.45, 2.75) is 31.9 Å². The van der Waals surface area contributed by atoms with Gasteiger partial charge in [0.2, 0.25) is 0 Å². The Balaban J connectivity index is 1.90. The lowest BCUT2D eigenvalue weighted by atomic mass is 10.00. The van der Waals surface area contributed by atoms with E-state index in [1.807, 2.05) is 13.0 Å². The SMILES string of the molecule is CC(N)c1c(F)cccc1N1CC2CCC(O)C2C1. The van der Waals surface area contributed by atoms with E-state index >= 15 is 0 Å². The largest absolute Gasteiger partial charge is 0.393 e. The summed E-state index contributed by atoms with van der Waals surface area (Å²) in [6.45, 7) is 3.54. The first-order valence-electron chi connectivity index (χ1n) is 7.05. The van der Waals surface area contributed by atoms with Crippen molar-refractivity contribution in [3.63, 3.8) is 0 Å². The zero-order valence-electron chi connectivity index (χ0n) is 11.2. The molecule has 0 amide bonds. The van der Waals surface area contributed by atoms with Crippen LogP contribution in [-0.4, -0.2) is 24.3 Å². The van der Waals surface area contributed by atoms with E-state index in [1.54, 1.807) is 6.07 Å². The third-order valence-electron chi connectivity index (χ3n) is 4.64. The summed E-state index contributed by atoms with van der Waals surface area (Å²) in [5.41, 5.74) is 7.40. The topological polar surface area (TPSA) is 49.5 Å². The van der Waals surface area contributed by atoms with Crippen molar-refractivity contribution in [2.75, 3.05) is 18.0 Å². The highest BCUT2D eigenvalue weighted by Gasteiger charge is 2.42. The lowest BCUT2D eigenvalue weighted by molar-refractivity contribution is 0.133. The first-order valence-corrected chi connectivity index (χ1v) is 7.05. The maximum Gasteiger partial charge on any atom is 0.130 e. The van der Waals surface area contributed by atoms with Crippen molar-refractivity contribution >= 4 is 5.69 Å². The fourth-order valence-corrected chi connectivity index (χ4v) is 3.69. The number of anilines is 1. The number of nitrogens with two attached hydrogens (primary N) is 1. The highest BCUT2D eigenvalue weighted by Crippen LogP contribution is 2.41. The normalized spacial score (nSPS) is 31.6. The standard InChI is InChI=1S/C15H21FN2O/c1-9(17)15-12(16)3-2-4-13(15)18-7-10-5-6-14(19)11(10)8-18/h2-4,9-11,14,19H,5-8,17H2,1H3. The molecule has 4 unspecified atom stereocenters. The zero-order valence-corrected chi connectivity index (χ0v) is 11.2. The number of rotatable bonds is 2. The van der Waals surface area contributed by atoms with Crippen LogP contribution in [0.4, 0.5) is 10.1 Å². The summed E-state index contributed by atoms with van der Waals surface area (Å²) >= 11 is 0. The summed E-state index contributed by atoms with van der Waals surface area (Å²) in [5, 5.41) is 9.97. The van der Waals surface area contributed by atoms with Crippen molar-refractivity contribution in [3.05, 3.63) is 29.6 Å². The molecule has 4 atom stereocenters. The van der Waals surface area contributed by atoms with Crippen LogP contribution in [0.3, 0.4) is 0 Å². The highest BCUT2D eigenvalue weighted by atomic mass is 19.1. The van der Waals surface area contributed by atoms with Gasteiger partial charge in [0.05, 0.1) is 6.10 Å². The molecule has 104 valence electrons. The van der Waals surface area contributed by atoms with Crippen LogP contribution in [0.1, 0.15) is 31.4 Å². The Morgan fingerprint density at radius 2 is 2.16 bits per heavy atom. The first-order chi connectivity index (χ1) is 9.08. The molecule has 3 N–H and O–H groups in total. The van der Waals surface area contributed by atoms with Gasteiger partial charge in [-0.25, -0.2) is 4.39 Å². The molecule has 0 aromatic heterocycles. The number of aliphatic hydroxyl groups excluding tert-OH is 1. The van der Waals surface area contributed by atoms with Gasteiger partial charge in [-0.05, 0) is 37.8 Å². The van der Waals surface area contributed by atoms with Gasteiger partial charge in [-0.2, -0.15) is 0 Å². The van der Waals surface area contributed by atoms with E-state index in [0.717, 1.165) is 31.6 Å². The molecule has 1 saturated heterocycles. The van der Waals surface area contributed by atoms with Gasteiger partial charge in [-0.3, -0.25) is 0 Å². The highest BCUT2D eigenvalue weighted by molar-refractivity contribution is 5.56. The average Bonchev–Trinajstić information content (AvgIpc) is 2.91. The van der Waals surface area contributed by atoms with Crippen LogP contribution in [0.25, 0.3) is 0 Å². The summed E-state index contributed by atoms with van der Waals surface area (Å²) in [6.07, 6.45) is 1.79. The number of aliphatic hydroxyl groups is 1. The van der Waals surface area contributed by atoms with E-state index in [1.165, 1.54) is 6.07 Å². The van der Waals surface area contributed by atoms with E-state index in [-0.39, 0.29) is 18.0 Å². The Kier molecular flexibility index (Phi) is 3.23. The maximum atomic E-state index is 14.0. The molecule has 0 bridgehead atoms. The number of benzene rings is 1. The molecule has 1 saturated carbocycles. The number of halogens is 1. The van der Waals surface area contributed by atoms with Gasteiger partial charge in [0, 0.05) is 36.3 Å². The molecule has 1 aromatic rings. The minimum absolute atomic E-state index is 0.192. The predicted octanol–water partition coefficient (Wildman–Crippen LogP) is 2.05. The molecule has 0 spiro atoms. The minimum atomic E-state index is -0.318. The van der Waals surface area contributed by atoms with Crippen LogP contribution in [0.5, 0.6) is 0 Å². The van der Waals surface area contributed by atoms with Gasteiger partial charge in [-0.15, -0.1) is 0 Å². The summed E-state index contributed by atoms with van der Waals surface area (Å²) in [7, 11) is 0. The van der Waals surface area contributed by atoms with E-state index < -0.39 is 0 Å². The van der Waals surface area contributed by atoms with E-state index in [4.69, 9.17) is 5.73 Å². The Morgan fingerprint density at radius 3 is 2.84 bits per heavy atom. The molecule has 3 nitrogen and oxygen atoms in total. The number of fused-ring (bicyclic) bond motifs is 1. The summed E-state index contributed by atoms with van der Waals surface area (Å²) < 4.78 is 14.0. The monoisotopic (exact) mass is 264 g/mol. The van der Waals surface area contributed by atoms with E-state index in [2.05, 4.69) is 4.90 Å². The minimum Gasteiger partial charge on any atom is -0.393 e. The van der Waals surface area contributed by atoms with Crippen LogP contribution in [0.15, 0.2) is 18.2 Å². The van der Waals surface area contributed by atoms with Crippen LogP contribution in [0, 0.1) is 17.7 Å². The van der Waals surface area contributed by atoms with Crippen LogP contribution in [0.2, 0.25) is 0 Å².